The summed E-state index contributed by atoms with van der Waals surface area (Å²) in [4.78, 5) is 2.47. The first kappa shape index (κ1) is 10.5. The third-order valence-corrected chi connectivity index (χ3v) is 3.22. The van der Waals surface area contributed by atoms with Crippen LogP contribution in [0.3, 0.4) is 0 Å². The van der Waals surface area contributed by atoms with Crippen LogP contribution in [0, 0.1) is 0 Å². The molecule has 1 aromatic carbocycles. The quantitative estimate of drug-likeness (QED) is 0.813. The maximum Gasteiger partial charge on any atom is 0.0405 e. The van der Waals surface area contributed by atoms with Crippen LogP contribution in [0.15, 0.2) is 18.2 Å². The highest BCUT2D eigenvalue weighted by Gasteiger charge is 2.23. The number of likely N-dealkylation sites (N-methyl/N-ethyl adjacent to an activating group) is 1. The van der Waals surface area contributed by atoms with Crippen molar-refractivity contribution in [3.8, 4) is 0 Å². The molecule has 2 heteroatoms. The Hall–Kier alpha value is -1.02. The summed E-state index contributed by atoms with van der Waals surface area (Å²) in [5.74, 6) is 0.684. The Morgan fingerprint density at radius 3 is 2.93 bits per heavy atom. The molecule has 15 heavy (non-hydrogen) atoms. The molecule has 1 aliphatic heterocycles. The molecule has 0 amide bonds. The fraction of sp³-hybridized carbons (Fsp3) is 0.538. The van der Waals surface area contributed by atoms with Crippen molar-refractivity contribution in [1.29, 1.82) is 0 Å². The Balaban J connectivity index is 2.33. The minimum Gasteiger partial charge on any atom is -0.371 e. The summed E-state index contributed by atoms with van der Waals surface area (Å²) in [7, 11) is 1.99. The van der Waals surface area contributed by atoms with Crippen molar-refractivity contribution >= 4 is 5.69 Å². The summed E-state index contributed by atoms with van der Waals surface area (Å²) in [5, 5.41) is 3.20. The molecule has 2 nitrogen and oxygen atoms in total. The third kappa shape index (κ3) is 1.86. The number of nitrogens with one attached hydrogen (secondary N) is 1. The number of anilines is 1. The second-order valence-electron chi connectivity index (χ2n) is 4.36. The lowest BCUT2D eigenvalue weighted by Crippen LogP contribution is -2.20. The molecule has 0 bridgehead atoms. The lowest BCUT2D eigenvalue weighted by atomic mass is 10.0. The monoisotopic (exact) mass is 204 g/mol. The van der Waals surface area contributed by atoms with Crippen LogP contribution >= 0.6 is 0 Å². The van der Waals surface area contributed by atoms with E-state index in [2.05, 4.69) is 42.3 Å². The minimum atomic E-state index is 0.684. The maximum atomic E-state index is 3.20. The van der Waals surface area contributed by atoms with Gasteiger partial charge in [-0.25, -0.2) is 0 Å². The van der Waals surface area contributed by atoms with Gasteiger partial charge in [-0.2, -0.15) is 0 Å². The van der Waals surface area contributed by atoms with E-state index in [1.165, 1.54) is 23.4 Å². The molecule has 1 aromatic rings. The first-order valence-electron chi connectivity index (χ1n) is 5.78. The molecule has 82 valence electrons. The van der Waals surface area contributed by atoms with E-state index in [0.717, 1.165) is 13.1 Å². The van der Waals surface area contributed by atoms with Gasteiger partial charge in [0.25, 0.3) is 0 Å². The highest BCUT2D eigenvalue weighted by atomic mass is 15.1. The highest BCUT2D eigenvalue weighted by Crippen LogP contribution is 2.36. The van der Waals surface area contributed by atoms with Crippen LogP contribution in [0.25, 0.3) is 0 Å². The molecule has 1 N–H and O–H groups in total. The standard InChI is InChI=1S/C13H20N2/c1-4-15-9-10(2)12-6-5-11(8-14-3)7-13(12)15/h5-7,10,14H,4,8-9H2,1-3H3. The second-order valence-corrected chi connectivity index (χ2v) is 4.36. The van der Waals surface area contributed by atoms with E-state index >= 15 is 0 Å². The minimum absolute atomic E-state index is 0.684. The lowest BCUT2D eigenvalue weighted by Gasteiger charge is -2.17. The highest BCUT2D eigenvalue weighted by molar-refractivity contribution is 5.61. The summed E-state index contributed by atoms with van der Waals surface area (Å²) in [6.45, 7) is 7.78. The fourth-order valence-corrected chi connectivity index (χ4v) is 2.42. The zero-order chi connectivity index (χ0) is 10.8. The van der Waals surface area contributed by atoms with Crippen molar-refractivity contribution in [2.75, 3.05) is 25.0 Å². The Morgan fingerprint density at radius 2 is 2.27 bits per heavy atom. The van der Waals surface area contributed by atoms with E-state index in [0.29, 0.717) is 5.92 Å². The van der Waals surface area contributed by atoms with E-state index in [-0.39, 0.29) is 0 Å². The molecule has 0 saturated carbocycles. The van der Waals surface area contributed by atoms with Crippen molar-refractivity contribution in [2.24, 2.45) is 0 Å². The molecule has 0 fully saturated rings. The number of hydrogen-bond acceptors (Lipinski definition) is 2. The Morgan fingerprint density at radius 1 is 1.47 bits per heavy atom. The van der Waals surface area contributed by atoms with Gasteiger partial charge in [-0.15, -0.1) is 0 Å². The molecule has 2 rings (SSSR count). The average molecular weight is 204 g/mol. The van der Waals surface area contributed by atoms with Crippen LogP contribution < -0.4 is 10.2 Å². The van der Waals surface area contributed by atoms with Gasteiger partial charge in [0.1, 0.15) is 0 Å². The van der Waals surface area contributed by atoms with E-state index in [9.17, 15) is 0 Å². The Labute approximate surface area is 92.3 Å². The van der Waals surface area contributed by atoms with Gasteiger partial charge in [0, 0.05) is 31.2 Å². The predicted molar refractivity (Wildman–Crippen MR) is 65.5 cm³/mol. The van der Waals surface area contributed by atoms with Crippen LogP contribution in [0.5, 0.6) is 0 Å². The molecule has 1 aliphatic rings. The molecule has 1 heterocycles. The largest absolute Gasteiger partial charge is 0.371 e. The van der Waals surface area contributed by atoms with Crippen LogP contribution in [0.4, 0.5) is 5.69 Å². The van der Waals surface area contributed by atoms with Gasteiger partial charge in [0.15, 0.2) is 0 Å². The summed E-state index contributed by atoms with van der Waals surface area (Å²) in [6.07, 6.45) is 0. The zero-order valence-corrected chi connectivity index (χ0v) is 9.88. The summed E-state index contributed by atoms with van der Waals surface area (Å²) < 4.78 is 0. The average Bonchev–Trinajstić information content (AvgIpc) is 2.56. The SMILES string of the molecule is CCN1CC(C)c2ccc(CNC)cc21. The lowest BCUT2D eigenvalue weighted by molar-refractivity contribution is 0.762. The molecule has 0 aliphatic carbocycles. The summed E-state index contributed by atoms with van der Waals surface area (Å²) in [6, 6.07) is 6.87. The van der Waals surface area contributed by atoms with Gasteiger partial charge in [0.2, 0.25) is 0 Å². The van der Waals surface area contributed by atoms with Crippen LogP contribution in [-0.4, -0.2) is 20.1 Å². The van der Waals surface area contributed by atoms with Gasteiger partial charge < -0.3 is 10.2 Å². The van der Waals surface area contributed by atoms with Crippen LogP contribution in [0.1, 0.15) is 30.9 Å². The van der Waals surface area contributed by atoms with Crippen LogP contribution in [0.2, 0.25) is 0 Å². The molecular formula is C13H20N2. The van der Waals surface area contributed by atoms with E-state index in [1.54, 1.807) is 0 Å². The molecule has 1 atom stereocenters. The van der Waals surface area contributed by atoms with Gasteiger partial charge >= 0.3 is 0 Å². The van der Waals surface area contributed by atoms with Crippen molar-refractivity contribution in [3.63, 3.8) is 0 Å². The first-order valence-corrected chi connectivity index (χ1v) is 5.78. The smallest absolute Gasteiger partial charge is 0.0405 e. The van der Waals surface area contributed by atoms with E-state index < -0.39 is 0 Å². The predicted octanol–water partition coefficient (Wildman–Crippen LogP) is 2.35. The zero-order valence-electron chi connectivity index (χ0n) is 9.88. The summed E-state index contributed by atoms with van der Waals surface area (Å²) in [5.41, 5.74) is 4.33. The number of benzene rings is 1. The van der Waals surface area contributed by atoms with Gasteiger partial charge in [-0.05, 0) is 31.2 Å². The molecule has 0 aromatic heterocycles. The number of nitrogens with zero attached hydrogens (tertiary/aromatic N) is 1. The second kappa shape index (κ2) is 4.23. The molecular weight excluding hydrogens is 184 g/mol. The maximum absolute atomic E-state index is 3.20. The number of hydrogen-bond donors (Lipinski definition) is 1. The number of fused-ring (bicyclic) bond motifs is 1. The van der Waals surface area contributed by atoms with Gasteiger partial charge in [0.05, 0.1) is 0 Å². The summed E-state index contributed by atoms with van der Waals surface area (Å²) >= 11 is 0. The van der Waals surface area contributed by atoms with E-state index in [4.69, 9.17) is 0 Å². The molecule has 0 spiro atoms. The number of rotatable bonds is 3. The third-order valence-electron chi connectivity index (χ3n) is 3.22. The van der Waals surface area contributed by atoms with Gasteiger partial charge in [-0.3, -0.25) is 0 Å². The van der Waals surface area contributed by atoms with Crippen LogP contribution in [-0.2, 0) is 6.54 Å². The van der Waals surface area contributed by atoms with Crippen molar-refractivity contribution in [3.05, 3.63) is 29.3 Å². The van der Waals surface area contributed by atoms with Crippen molar-refractivity contribution < 1.29 is 0 Å². The van der Waals surface area contributed by atoms with Crippen molar-refractivity contribution in [2.45, 2.75) is 26.3 Å². The molecule has 0 radical (unpaired) electrons. The van der Waals surface area contributed by atoms with Gasteiger partial charge in [-0.1, -0.05) is 19.1 Å². The normalized spacial score (nSPS) is 19.4. The fourth-order valence-electron chi connectivity index (χ4n) is 2.42. The topological polar surface area (TPSA) is 15.3 Å². The Bertz CT molecular complexity index is 346. The van der Waals surface area contributed by atoms with Crippen molar-refractivity contribution in [1.82, 2.24) is 5.32 Å². The molecule has 0 saturated heterocycles. The molecule has 1 unspecified atom stereocenters. The van der Waals surface area contributed by atoms with E-state index in [1.807, 2.05) is 7.05 Å². The Kier molecular flexibility index (Phi) is 2.96. The first-order chi connectivity index (χ1) is 7.26.